The first kappa shape index (κ1) is 45.7. The van der Waals surface area contributed by atoms with Gasteiger partial charge in [-0.15, -0.1) is 0 Å². The Morgan fingerprint density at radius 3 is 1.39 bits per heavy atom. The highest BCUT2D eigenvalue weighted by Gasteiger charge is 2.52. The third-order valence-electron chi connectivity index (χ3n) is 10.7. The summed E-state index contributed by atoms with van der Waals surface area (Å²) < 4.78 is 19.3. The number of carbonyl (C=O) groups is 1. The molecule has 296 valence electrons. The van der Waals surface area contributed by atoms with E-state index < -0.39 is 5.79 Å². The van der Waals surface area contributed by atoms with Gasteiger partial charge in [-0.25, -0.2) is 0 Å². The first-order chi connectivity index (χ1) is 25.0. The molecule has 1 saturated heterocycles. The minimum atomic E-state index is -0.440. The van der Waals surface area contributed by atoms with Crippen LogP contribution in [0.1, 0.15) is 206 Å². The van der Waals surface area contributed by atoms with E-state index in [4.69, 9.17) is 14.2 Å². The van der Waals surface area contributed by atoms with Gasteiger partial charge in [0.1, 0.15) is 6.10 Å². The minimum Gasteiger partial charge on any atom is -0.461 e. The third kappa shape index (κ3) is 23.8. The summed E-state index contributed by atoms with van der Waals surface area (Å²) >= 11 is 0. The molecule has 1 aliphatic heterocycles. The van der Waals surface area contributed by atoms with Gasteiger partial charge >= 0.3 is 5.97 Å². The molecule has 1 heterocycles. The largest absolute Gasteiger partial charge is 0.461 e. The maximum absolute atomic E-state index is 12.3. The van der Waals surface area contributed by atoms with Gasteiger partial charge in [0.15, 0.2) is 5.79 Å². The van der Waals surface area contributed by atoms with Crippen LogP contribution in [0.2, 0.25) is 0 Å². The fraction of sp³-hybridized carbons (Fsp3) is 0.848. The molecule has 51 heavy (non-hydrogen) atoms. The fourth-order valence-corrected chi connectivity index (χ4v) is 7.71. The lowest BCUT2D eigenvalue weighted by Crippen LogP contribution is -2.33. The maximum Gasteiger partial charge on any atom is 0.320 e. The van der Waals surface area contributed by atoms with Gasteiger partial charge < -0.3 is 14.2 Å². The molecule has 0 spiro atoms. The number of allylic oxidation sites excluding steroid dienone is 6. The first-order valence-corrected chi connectivity index (χ1v) is 22.1. The Bertz CT molecular complexity index is 897. The average Bonchev–Trinajstić information content (AvgIpc) is 3.62. The zero-order valence-corrected chi connectivity index (χ0v) is 34.2. The number of hydrogen-bond acceptors (Lipinski definition) is 5. The van der Waals surface area contributed by atoms with Crippen molar-refractivity contribution in [3.05, 3.63) is 36.5 Å². The Morgan fingerprint density at radius 2 is 0.941 bits per heavy atom. The number of fused-ring (bicyclic) bond motifs is 1. The standard InChI is InChI=1S/C46H83NO4/c1-5-7-9-11-13-15-17-19-21-23-25-27-29-31-33-35-37-46(50-43-39-42(40-44(43)51-46)49-45(48)41-47(3)4)38-36-34-32-30-28-26-24-22-20-18-16-14-12-10-8-6-2/h13,15,19-22,42-44H,5-12,14,16-18,23-41H2,1-4H3/b15-13-,21-19-,22-20-/t42?,43-,44?,46?/m0/s1. The van der Waals surface area contributed by atoms with Crippen molar-refractivity contribution in [2.45, 2.75) is 231 Å². The van der Waals surface area contributed by atoms with Crippen LogP contribution in [0.3, 0.4) is 0 Å². The number of nitrogens with zero attached hydrogens (tertiary/aromatic N) is 1. The highest BCUT2D eigenvalue weighted by atomic mass is 16.8. The summed E-state index contributed by atoms with van der Waals surface area (Å²) in [7, 11) is 3.80. The van der Waals surface area contributed by atoms with Crippen LogP contribution in [0.15, 0.2) is 36.5 Å². The molecule has 1 aliphatic carbocycles. The molecule has 5 heteroatoms. The molecular weight excluding hydrogens is 631 g/mol. The maximum atomic E-state index is 12.3. The molecule has 0 radical (unpaired) electrons. The molecule has 2 fully saturated rings. The van der Waals surface area contributed by atoms with Gasteiger partial charge in [-0.05, 0) is 84.7 Å². The van der Waals surface area contributed by atoms with E-state index in [0.29, 0.717) is 6.54 Å². The molecule has 5 nitrogen and oxygen atoms in total. The normalized spacial score (nSPS) is 22.0. The fourth-order valence-electron chi connectivity index (χ4n) is 7.71. The van der Waals surface area contributed by atoms with Crippen molar-refractivity contribution >= 4 is 5.97 Å². The summed E-state index contributed by atoms with van der Waals surface area (Å²) in [5.74, 6) is -0.592. The van der Waals surface area contributed by atoms with Crippen molar-refractivity contribution in [1.82, 2.24) is 4.90 Å². The Balaban J connectivity index is 1.62. The molecule has 0 bridgehead atoms. The number of carbonyl (C=O) groups excluding carboxylic acids is 1. The summed E-state index contributed by atoms with van der Waals surface area (Å²) in [5.41, 5.74) is 0. The molecule has 0 aromatic rings. The van der Waals surface area contributed by atoms with E-state index in [1.165, 1.54) is 154 Å². The Hall–Kier alpha value is -1.43. The van der Waals surface area contributed by atoms with Crippen molar-refractivity contribution in [3.8, 4) is 0 Å². The monoisotopic (exact) mass is 714 g/mol. The van der Waals surface area contributed by atoms with E-state index >= 15 is 0 Å². The topological polar surface area (TPSA) is 48.0 Å². The quantitative estimate of drug-likeness (QED) is 0.0377. The summed E-state index contributed by atoms with van der Waals surface area (Å²) in [4.78, 5) is 14.1. The second-order valence-corrected chi connectivity index (χ2v) is 16.1. The van der Waals surface area contributed by atoms with Gasteiger partial charge in [-0.1, -0.05) is 147 Å². The van der Waals surface area contributed by atoms with Gasteiger partial charge in [0.2, 0.25) is 0 Å². The van der Waals surface area contributed by atoms with Crippen LogP contribution in [0.25, 0.3) is 0 Å². The summed E-state index contributed by atoms with van der Waals surface area (Å²) in [6.45, 7) is 4.87. The summed E-state index contributed by atoms with van der Waals surface area (Å²) in [6.07, 6.45) is 51.4. The molecule has 4 atom stereocenters. The zero-order valence-electron chi connectivity index (χ0n) is 34.2. The van der Waals surface area contributed by atoms with Gasteiger partial charge in [-0.3, -0.25) is 9.69 Å². The zero-order chi connectivity index (χ0) is 36.7. The predicted molar refractivity (Wildman–Crippen MR) is 218 cm³/mol. The van der Waals surface area contributed by atoms with Crippen LogP contribution in [0.5, 0.6) is 0 Å². The second kappa shape index (κ2) is 31.0. The Kier molecular flexibility index (Phi) is 27.8. The molecule has 0 aromatic heterocycles. The van der Waals surface area contributed by atoms with Crippen LogP contribution in [-0.2, 0) is 19.0 Å². The van der Waals surface area contributed by atoms with E-state index in [-0.39, 0.29) is 24.3 Å². The number of rotatable bonds is 34. The van der Waals surface area contributed by atoms with Crippen LogP contribution >= 0.6 is 0 Å². The van der Waals surface area contributed by atoms with Crippen molar-refractivity contribution in [1.29, 1.82) is 0 Å². The Labute approximate surface area is 316 Å². The van der Waals surface area contributed by atoms with Crippen LogP contribution < -0.4 is 0 Å². The van der Waals surface area contributed by atoms with Crippen molar-refractivity contribution < 1.29 is 19.0 Å². The smallest absolute Gasteiger partial charge is 0.320 e. The number of esters is 1. The van der Waals surface area contributed by atoms with Crippen molar-refractivity contribution in [2.24, 2.45) is 0 Å². The SMILES string of the molecule is CCCCC/C=C\C/C=C\CCCCCCCCC1(CCCCCCCC/C=C\CCCCCCCC)OC2CC(OC(=O)CN(C)C)C[C@@H]2O1. The number of likely N-dealkylation sites (N-methyl/N-ethyl adjacent to an activating group) is 1. The number of hydrogen-bond donors (Lipinski definition) is 0. The average molecular weight is 714 g/mol. The first-order valence-electron chi connectivity index (χ1n) is 22.1. The molecule has 3 unspecified atom stereocenters. The Morgan fingerprint density at radius 1 is 0.569 bits per heavy atom. The summed E-state index contributed by atoms with van der Waals surface area (Å²) in [6, 6.07) is 0. The lowest BCUT2D eigenvalue weighted by atomic mass is 9.98. The minimum absolute atomic E-state index is 0.0564. The van der Waals surface area contributed by atoms with E-state index in [2.05, 4.69) is 50.3 Å². The highest BCUT2D eigenvalue weighted by Crippen LogP contribution is 2.44. The van der Waals surface area contributed by atoms with Crippen molar-refractivity contribution in [3.63, 3.8) is 0 Å². The van der Waals surface area contributed by atoms with Gasteiger partial charge in [0, 0.05) is 25.7 Å². The number of unbranched alkanes of at least 4 members (excludes halogenated alkanes) is 21. The van der Waals surface area contributed by atoms with E-state index in [1.54, 1.807) is 0 Å². The molecule has 2 aliphatic rings. The van der Waals surface area contributed by atoms with Gasteiger partial charge in [-0.2, -0.15) is 0 Å². The van der Waals surface area contributed by atoms with Gasteiger partial charge in [0.05, 0.1) is 18.8 Å². The molecule has 0 aromatic carbocycles. The molecule has 0 N–H and O–H groups in total. The van der Waals surface area contributed by atoms with Gasteiger partial charge in [0.25, 0.3) is 0 Å². The van der Waals surface area contributed by atoms with E-state index in [0.717, 1.165) is 38.5 Å². The third-order valence-corrected chi connectivity index (χ3v) is 10.7. The lowest BCUT2D eigenvalue weighted by molar-refractivity contribution is -0.197. The number of ether oxygens (including phenoxy) is 3. The molecule has 1 saturated carbocycles. The predicted octanol–water partition coefficient (Wildman–Crippen LogP) is 13.4. The molecular formula is C46H83NO4. The molecule has 2 rings (SSSR count). The summed E-state index contributed by atoms with van der Waals surface area (Å²) in [5, 5.41) is 0. The second-order valence-electron chi connectivity index (χ2n) is 16.1. The highest BCUT2D eigenvalue weighted by molar-refractivity contribution is 5.71. The van der Waals surface area contributed by atoms with Crippen LogP contribution in [0, 0.1) is 0 Å². The molecule has 0 amide bonds. The van der Waals surface area contributed by atoms with E-state index in [9.17, 15) is 4.79 Å². The van der Waals surface area contributed by atoms with Crippen molar-refractivity contribution in [2.75, 3.05) is 20.6 Å². The van der Waals surface area contributed by atoms with Crippen LogP contribution in [-0.4, -0.2) is 55.6 Å². The lowest BCUT2D eigenvalue weighted by Gasteiger charge is -2.30. The van der Waals surface area contributed by atoms with E-state index in [1.807, 2.05) is 19.0 Å². The van der Waals surface area contributed by atoms with Crippen LogP contribution in [0.4, 0.5) is 0 Å².